The van der Waals surface area contributed by atoms with Crippen molar-refractivity contribution in [3.05, 3.63) is 60.4 Å². The predicted molar refractivity (Wildman–Crippen MR) is 72.7 cm³/mol. The summed E-state index contributed by atoms with van der Waals surface area (Å²) >= 11 is 0. The molecule has 3 rings (SSSR count). The van der Waals surface area contributed by atoms with Gasteiger partial charge in [0.25, 0.3) is 0 Å². The van der Waals surface area contributed by atoms with Crippen LogP contribution in [0.25, 0.3) is 17.1 Å². The first-order valence-electron chi connectivity index (χ1n) is 6.16. The van der Waals surface area contributed by atoms with E-state index in [1.165, 1.54) is 0 Å². The molecule has 20 heavy (non-hydrogen) atoms. The van der Waals surface area contributed by atoms with Crippen LogP contribution in [0.2, 0.25) is 0 Å². The van der Waals surface area contributed by atoms with Crippen molar-refractivity contribution in [3.63, 3.8) is 0 Å². The van der Waals surface area contributed by atoms with Gasteiger partial charge in [-0.15, -0.1) is 9.36 Å². The second-order valence-corrected chi connectivity index (χ2v) is 4.35. The van der Waals surface area contributed by atoms with Crippen LogP contribution >= 0.6 is 0 Å². The smallest absolute Gasteiger partial charge is 0.216 e. The molecule has 0 amide bonds. The molecule has 0 N–H and O–H groups in total. The zero-order valence-corrected chi connectivity index (χ0v) is 10.9. The van der Waals surface area contributed by atoms with E-state index < -0.39 is 0 Å². The normalized spacial score (nSPS) is 10.2. The largest absolute Gasteiger partial charge is 0.252 e. The summed E-state index contributed by atoms with van der Waals surface area (Å²) in [6.07, 6.45) is 3.68. The third-order valence-electron chi connectivity index (χ3n) is 3.01. The molecule has 0 bridgehead atoms. The van der Waals surface area contributed by atoms with Crippen molar-refractivity contribution >= 4 is 0 Å². The Morgan fingerprint density at radius 1 is 1.15 bits per heavy atom. The Kier molecular flexibility index (Phi) is 2.98. The molecule has 0 saturated heterocycles. The number of rotatable bonds is 2. The quantitative estimate of drug-likeness (QED) is 0.659. The van der Waals surface area contributed by atoms with Gasteiger partial charge in [0, 0.05) is 6.20 Å². The molecule has 0 atom stereocenters. The number of nitrogens with zero attached hydrogens (tertiary/aromatic N) is 5. The summed E-state index contributed by atoms with van der Waals surface area (Å²) in [6, 6.07) is 15.2. The van der Waals surface area contributed by atoms with Gasteiger partial charge in [0.05, 0.1) is 16.8 Å². The van der Waals surface area contributed by atoms with Crippen LogP contribution in [0.3, 0.4) is 0 Å². The summed E-state index contributed by atoms with van der Waals surface area (Å²) in [6.45, 7) is 0. The topological polar surface area (TPSA) is 58.4 Å². The number of hydrogen-bond donors (Lipinski definition) is 0. The molecular weight excluding hydrogens is 250 g/mol. The first kappa shape index (κ1) is 12.1. The van der Waals surface area contributed by atoms with Crippen LogP contribution in [0.5, 0.6) is 0 Å². The number of benzene rings is 1. The van der Waals surface area contributed by atoms with Crippen molar-refractivity contribution in [3.8, 4) is 23.1 Å². The molecule has 0 unspecified atom stereocenters. The number of hydrogen-bond acceptors (Lipinski definition) is 3. The molecule has 1 aromatic carbocycles. The maximum absolute atomic E-state index is 8.81. The Bertz CT molecular complexity index is 766. The molecule has 2 aromatic heterocycles. The monoisotopic (exact) mass is 262 g/mol. The Morgan fingerprint density at radius 3 is 2.60 bits per heavy atom. The zero-order chi connectivity index (χ0) is 13.9. The first-order valence-corrected chi connectivity index (χ1v) is 6.16. The fourth-order valence-electron chi connectivity index (χ4n) is 1.98. The lowest BCUT2D eigenvalue weighted by Gasteiger charge is -1.92. The van der Waals surface area contributed by atoms with Gasteiger partial charge in [-0.25, -0.2) is 0 Å². The molecule has 96 valence electrons. The minimum Gasteiger partial charge on any atom is -0.252 e. The minimum absolute atomic E-state index is 0.634. The summed E-state index contributed by atoms with van der Waals surface area (Å²) < 4.78 is 3.55. The Morgan fingerprint density at radius 2 is 1.95 bits per heavy atom. The fourth-order valence-corrected chi connectivity index (χ4v) is 1.98. The number of aromatic nitrogens is 4. The van der Waals surface area contributed by atoms with E-state index in [-0.39, 0.29) is 0 Å². The second kappa shape index (κ2) is 4.94. The standard InChI is InChI=1S/C15H12N5/c1-19-15(14-4-2-3-9-17-14)11-20(18-19)13-7-5-12(10-16)6-8-13/h2-9,11H,1H3/q+1. The summed E-state index contributed by atoms with van der Waals surface area (Å²) in [7, 11) is 1.88. The molecule has 2 heterocycles. The van der Waals surface area contributed by atoms with E-state index in [4.69, 9.17) is 5.26 Å². The van der Waals surface area contributed by atoms with Gasteiger partial charge in [0.2, 0.25) is 5.69 Å². The molecule has 0 aliphatic rings. The lowest BCUT2D eigenvalue weighted by Crippen LogP contribution is -2.33. The van der Waals surface area contributed by atoms with E-state index in [0.29, 0.717) is 5.56 Å². The van der Waals surface area contributed by atoms with E-state index in [9.17, 15) is 0 Å². The van der Waals surface area contributed by atoms with Gasteiger partial charge in [-0.1, -0.05) is 6.07 Å². The Labute approximate surface area is 116 Å². The van der Waals surface area contributed by atoms with E-state index >= 15 is 0 Å². The van der Waals surface area contributed by atoms with E-state index in [1.54, 1.807) is 27.7 Å². The highest BCUT2D eigenvalue weighted by Crippen LogP contribution is 2.13. The minimum atomic E-state index is 0.634. The number of aryl methyl sites for hydroxylation is 1. The van der Waals surface area contributed by atoms with Gasteiger partial charge in [0.15, 0.2) is 11.9 Å². The molecule has 0 spiro atoms. The van der Waals surface area contributed by atoms with Crippen LogP contribution in [0.4, 0.5) is 0 Å². The van der Waals surface area contributed by atoms with E-state index in [2.05, 4.69) is 16.3 Å². The van der Waals surface area contributed by atoms with Gasteiger partial charge < -0.3 is 0 Å². The van der Waals surface area contributed by atoms with Gasteiger partial charge in [0.1, 0.15) is 12.7 Å². The van der Waals surface area contributed by atoms with Crippen LogP contribution in [-0.4, -0.2) is 14.9 Å². The highest BCUT2D eigenvalue weighted by atomic mass is 15.5. The van der Waals surface area contributed by atoms with Crippen molar-refractivity contribution in [1.82, 2.24) is 14.9 Å². The van der Waals surface area contributed by atoms with Crippen LogP contribution in [0, 0.1) is 11.3 Å². The lowest BCUT2D eigenvalue weighted by atomic mass is 10.2. The fraction of sp³-hybridized carbons (Fsp3) is 0.0667. The van der Waals surface area contributed by atoms with Crippen LogP contribution in [0.15, 0.2) is 54.9 Å². The molecule has 0 fully saturated rings. The average molecular weight is 262 g/mol. The molecular formula is C15H12N5+. The molecule has 0 aliphatic carbocycles. The van der Waals surface area contributed by atoms with Gasteiger partial charge in [-0.2, -0.15) is 5.26 Å². The summed E-state index contributed by atoms with van der Waals surface area (Å²) in [5.41, 5.74) is 3.34. The molecule has 5 nitrogen and oxygen atoms in total. The summed E-state index contributed by atoms with van der Waals surface area (Å²) in [5, 5.41) is 13.2. The zero-order valence-electron chi connectivity index (χ0n) is 10.9. The average Bonchev–Trinajstić information content (AvgIpc) is 2.90. The highest BCUT2D eigenvalue weighted by Gasteiger charge is 2.16. The van der Waals surface area contributed by atoms with Crippen LogP contribution in [0.1, 0.15) is 5.56 Å². The van der Waals surface area contributed by atoms with Crippen LogP contribution < -0.4 is 4.68 Å². The third-order valence-corrected chi connectivity index (χ3v) is 3.01. The maximum Gasteiger partial charge on any atom is 0.216 e. The Balaban J connectivity index is 2.02. The van der Waals surface area contributed by atoms with Crippen molar-refractivity contribution in [1.29, 1.82) is 5.26 Å². The summed E-state index contributed by atoms with van der Waals surface area (Å²) in [4.78, 5) is 4.33. The number of pyridine rings is 1. The van der Waals surface area contributed by atoms with Crippen molar-refractivity contribution in [2.24, 2.45) is 7.05 Å². The molecule has 0 saturated carbocycles. The predicted octanol–water partition coefficient (Wildman–Crippen LogP) is 1.63. The highest BCUT2D eigenvalue weighted by molar-refractivity contribution is 5.49. The van der Waals surface area contributed by atoms with Gasteiger partial charge in [-0.3, -0.25) is 4.98 Å². The molecule has 0 aliphatic heterocycles. The van der Waals surface area contributed by atoms with Gasteiger partial charge in [-0.05, 0) is 36.4 Å². The van der Waals surface area contributed by atoms with Gasteiger partial charge >= 0.3 is 0 Å². The maximum atomic E-state index is 8.81. The van der Waals surface area contributed by atoms with Crippen LogP contribution in [-0.2, 0) is 7.05 Å². The van der Waals surface area contributed by atoms with E-state index in [0.717, 1.165) is 17.1 Å². The SMILES string of the molecule is C[n+]1nn(-c2ccc(C#N)cc2)cc1-c1ccccn1. The second-order valence-electron chi connectivity index (χ2n) is 4.35. The van der Waals surface area contributed by atoms with Crippen molar-refractivity contribution in [2.45, 2.75) is 0 Å². The Hall–Kier alpha value is -3.00. The summed E-state index contributed by atoms with van der Waals surface area (Å²) in [5.74, 6) is 0. The van der Waals surface area contributed by atoms with E-state index in [1.807, 2.05) is 43.6 Å². The van der Waals surface area contributed by atoms with Crippen molar-refractivity contribution < 1.29 is 4.68 Å². The lowest BCUT2D eigenvalue weighted by molar-refractivity contribution is -0.721. The first-order chi connectivity index (χ1) is 9.78. The molecule has 5 heteroatoms. The van der Waals surface area contributed by atoms with Crippen molar-refractivity contribution in [2.75, 3.05) is 0 Å². The number of nitriles is 1. The molecule has 0 radical (unpaired) electrons. The third kappa shape index (κ3) is 2.15. The molecule has 3 aromatic rings.